The SMILES string of the molecule is Cn1nc(C(F)(F)F)cc1CNC(C)(C)C(C)(C)C(=O)O. The van der Waals surface area contributed by atoms with E-state index in [0.717, 1.165) is 10.7 Å². The second-order valence-corrected chi connectivity index (χ2v) is 6.05. The summed E-state index contributed by atoms with van der Waals surface area (Å²) in [6.45, 7) is 6.60. The van der Waals surface area contributed by atoms with Crippen LogP contribution in [0.25, 0.3) is 0 Å². The number of alkyl halides is 3. The molecule has 0 atom stereocenters. The predicted molar refractivity (Wildman–Crippen MR) is 70.5 cm³/mol. The number of aryl methyl sites for hydroxylation is 1. The maximum absolute atomic E-state index is 12.6. The first kappa shape index (κ1) is 17.5. The number of aromatic nitrogens is 2. The molecule has 0 saturated heterocycles. The highest BCUT2D eigenvalue weighted by Gasteiger charge is 2.43. The summed E-state index contributed by atoms with van der Waals surface area (Å²) in [5.74, 6) is -0.985. The van der Waals surface area contributed by atoms with Crippen molar-refractivity contribution < 1.29 is 23.1 Å². The van der Waals surface area contributed by atoms with E-state index in [1.54, 1.807) is 27.7 Å². The van der Waals surface area contributed by atoms with Gasteiger partial charge in [0.2, 0.25) is 0 Å². The van der Waals surface area contributed by atoms with Gasteiger partial charge < -0.3 is 10.4 Å². The highest BCUT2D eigenvalue weighted by Crippen LogP contribution is 2.32. The van der Waals surface area contributed by atoms with Crippen LogP contribution >= 0.6 is 0 Å². The van der Waals surface area contributed by atoms with E-state index < -0.39 is 28.8 Å². The molecule has 0 aliphatic carbocycles. The summed E-state index contributed by atoms with van der Waals surface area (Å²) in [4.78, 5) is 11.3. The molecule has 0 saturated carbocycles. The second kappa shape index (κ2) is 5.32. The lowest BCUT2D eigenvalue weighted by atomic mass is 9.74. The van der Waals surface area contributed by atoms with Gasteiger partial charge in [-0.2, -0.15) is 18.3 Å². The van der Waals surface area contributed by atoms with E-state index in [1.165, 1.54) is 7.05 Å². The van der Waals surface area contributed by atoms with Crippen molar-refractivity contribution in [3.63, 3.8) is 0 Å². The first-order valence-electron chi connectivity index (χ1n) is 6.37. The van der Waals surface area contributed by atoms with Crippen LogP contribution in [-0.4, -0.2) is 26.4 Å². The third kappa shape index (κ3) is 3.55. The van der Waals surface area contributed by atoms with Gasteiger partial charge in [0.1, 0.15) is 0 Å². The maximum atomic E-state index is 12.6. The summed E-state index contributed by atoms with van der Waals surface area (Å²) in [5.41, 5.74) is -2.53. The molecule has 21 heavy (non-hydrogen) atoms. The number of halogens is 3. The molecule has 0 fully saturated rings. The maximum Gasteiger partial charge on any atom is 0.435 e. The van der Waals surface area contributed by atoms with Crippen molar-refractivity contribution in [1.29, 1.82) is 0 Å². The molecular weight excluding hydrogens is 287 g/mol. The van der Waals surface area contributed by atoms with Gasteiger partial charge in [-0.3, -0.25) is 9.48 Å². The van der Waals surface area contributed by atoms with E-state index in [9.17, 15) is 23.1 Å². The molecule has 0 aromatic carbocycles. The Kier molecular flexibility index (Phi) is 4.43. The molecule has 1 aromatic heterocycles. The summed E-state index contributed by atoms with van der Waals surface area (Å²) in [7, 11) is 1.42. The highest BCUT2D eigenvalue weighted by molar-refractivity contribution is 5.75. The van der Waals surface area contributed by atoms with E-state index in [0.29, 0.717) is 5.69 Å². The van der Waals surface area contributed by atoms with Gasteiger partial charge in [-0.25, -0.2) is 0 Å². The summed E-state index contributed by atoms with van der Waals surface area (Å²) >= 11 is 0. The van der Waals surface area contributed by atoms with Crippen molar-refractivity contribution in [3.05, 3.63) is 17.5 Å². The third-order valence-electron chi connectivity index (χ3n) is 4.08. The molecule has 1 rings (SSSR count). The smallest absolute Gasteiger partial charge is 0.435 e. The van der Waals surface area contributed by atoms with Crippen molar-refractivity contribution >= 4 is 5.97 Å². The van der Waals surface area contributed by atoms with E-state index in [1.807, 2.05) is 0 Å². The summed E-state index contributed by atoms with van der Waals surface area (Å²) in [5, 5.41) is 15.6. The lowest BCUT2D eigenvalue weighted by Crippen LogP contribution is -2.54. The van der Waals surface area contributed by atoms with Crippen molar-refractivity contribution in [1.82, 2.24) is 15.1 Å². The van der Waals surface area contributed by atoms with Crippen LogP contribution in [0.2, 0.25) is 0 Å². The van der Waals surface area contributed by atoms with Crippen LogP contribution < -0.4 is 5.32 Å². The molecule has 0 unspecified atom stereocenters. The van der Waals surface area contributed by atoms with Gasteiger partial charge >= 0.3 is 12.1 Å². The van der Waals surface area contributed by atoms with Gasteiger partial charge in [-0.05, 0) is 33.8 Å². The van der Waals surface area contributed by atoms with Gasteiger partial charge in [0, 0.05) is 19.1 Å². The van der Waals surface area contributed by atoms with Gasteiger partial charge in [-0.15, -0.1) is 0 Å². The molecule has 0 aliphatic rings. The number of nitrogens with one attached hydrogen (secondary N) is 1. The topological polar surface area (TPSA) is 67.2 Å². The van der Waals surface area contributed by atoms with Crippen molar-refractivity contribution in [2.75, 3.05) is 0 Å². The van der Waals surface area contributed by atoms with Crippen LogP contribution in [0.15, 0.2) is 6.07 Å². The number of carbonyl (C=O) groups is 1. The van der Waals surface area contributed by atoms with Gasteiger partial charge in [0.05, 0.1) is 11.1 Å². The molecule has 1 aromatic rings. The molecular formula is C13H20F3N3O2. The average molecular weight is 307 g/mol. The lowest BCUT2D eigenvalue weighted by molar-refractivity contribution is -0.151. The summed E-state index contributed by atoms with van der Waals surface area (Å²) in [6.07, 6.45) is -4.49. The number of carboxylic acids is 1. The average Bonchev–Trinajstić information content (AvgIpc) is 2.67. The number of carboxylic acid groups (broad SMARTS) is 1. The molecule has 120 valence electrons. The van der Waals surface area contributed by atoms with Crippen LogP contribution in [0, 0.1) is 5.41 Å². The molecule has 1 heterocycles. The monoisotopic (exact) mass is 307 g/mol. The largest absolute Gasteiger partial charge is 0.481 e. The van der Waals surface area contributed by atoms with E-state index >= 15 is 0 Å². The Morgan fingerprint density at radius 3 is 2.24 bits per heavy atom. The minimum Gasteiger partial charge on any atom is -0.481 e. The number of hydrogen-bond donors (Lipinski definition) is 2. The Bertz CT molecular complexity index is 533. The van der Waals surface area contributed by atoms with Crippen molar-refractivity contribution in [2.45, 2.75) is 46.0 Å². The Labute approximate surface area is 121 Å². The Balaban J connectivity index is 2.89. The molecule has 0 spiro atoms. The highest BCUT2D eigenvalue weighted by atomic mass is 19.4. The molecule has 0 bridgehead atoms. The fraction of sp³-hybridized carbons (Fsp3) is 0.692. The van der Waals surface area contributed by atoms with Gasteiger partial charge in [-0.1, -0.05) is 0 Å². The summed E-state index contributed by atoms with van der Waals surface area (Å²) < 4.78 is 38.9. The quantitative estimate of drug-likeness (QED) is 0.876. The summed E-state index contributed by atoms with van der Waals surface area (Å²) in [6, 6.07) is 0.955. The van der Waals surface area contributed by atoms with Crippen molar-refractivity contribution in [2.24, 2.45) is 12.5 Å². The Morgan fingerprint density at radius 2 is 1.86 bits per heavy atom. The predicted octanol–water partition coefficient (Wildman–Crippen LogP) is 2.42. The first-order valence-corrected chi connectivity index (χ1v) is 6.37. The van der Waals surface area contributed by atoms with Crippen LogP contribution in [0.1, 0.15) is 39.1 Å². The number of rotatable bonds is 5. The molecule has 5 nitrogen and oxygen atoms in total. The van der Waals surface area contributed by atoms with E-state index in [-0.39, 0.29) is 6.54 Å². The number of nitrogens with zero attached hydrogens (tertiary/aromatic N) is 2. The zero-order chi connectivity index (χ0) is 16.6. The molecule has 0 aliphatic heterocycles. The Morgan fingerprint density at radius 1 is 1.33 bits per heavy atom. The zero-order valence-electron chi connectivity index (χ0n) is 12.7. The zero-order valence-corrected chi connectivity index (χ0v) is 12.7. The van der Waals surface area contributed by atoms with Crippen LogP contribution in [0.5, 0.6) is 0 Å². The minimum absolute atomic E-state index is 0.0866. The van der Waals surface area contributed by atoms with E-state index in [4.69, 9.17) is 0 Å². The third-order valence-corrected chi connectivity index (χ3v) is 4.08. The Hall–Kier alpha value is -1.57. The minimum atomic E-state index is -4.49. The van der Waals surface area contributed by atoms with Gasteiger partial charge in [0.15, 0.2) is 5.69 Å². The first-order chi connectivity index (χ1) is 9.29. The van der Waals surface area contributed by atoms with Crippen LogP contribution in [0.3, 0.4) is 0 Å². The fourth-order valence-corrected chi connectivity index (χ4v) is 1.61. The normalized spacial score (nSPS) is 13.5. The standard InChI is InChI=1S/C13H20F3N3O2/c1-11(2,10(20)21)12(3,4)17-7-8-6-9(13(14,15)16)18-19(8)5/h6,17H,7H2,1-5H3,(H,20,21). The van der Waals surface area contributed by atoms with E-state index in [2.05, 4.69) is 10.4 Å². The fourth-order valence-electron chi connectivity index (χ4n) is 1.61. The van der Waals surface area contributed by atoms with Crippen LogP contribution in [0.4, 0.5) is 13.2 Å². The molecule has 0 radical (unpaired) electrons. The van der Waals surface area contributed by atoms with Crippen molar-refractivity contribution in [3.8, 4) is 0 Å². The molecule has 0 amide bonds. The second-order valence-electron chi connectivity index (χ2n) is 6.05. The lowest BCUT2D eigenvalue weighted by Gasteiger charge is -2.39. The molecule has 8 heteroatoms. The van der Waals surface area contributed by atoms with Gasteiger partial charge in [0.25, 0.3) is 0 Å². The van der Waals surface area contributed by atoms with Crippen LogP contribution in [-0.2, 0) is 24.6 Å². The molecule has 2 N–H and O–H groups in total. The number of hydrogen-bond acceptors (Lipinski definition) is 3. The number of aliphatic carboxylic acids is 1.